The lowest BCUT2D eigenvalue weighted by molar-refractivity contribution is -0.118. The van der Waals surface area contributed by atoms with E-state index in [2.05, 4.69) is 11.9 Å². The minimum Gasteiger partial charge on any atom is -0.332 e. The summed E-state index contributed by atoms with van der Waals surface area (Å²) in [5.74, 6) is 1.23. The molecular formula is C11H15N3O2S2. The number of rotatable bonds is 3. The Hall–Kier alpha value is -1.08. The second-order valence-electron chi connectivity index (χ2n) is 4.09. The third kappa shape index (κ3) is 2.37. The van der Waals surface area contributed by atoms with E-state index in [0.717, 1.165) is 16.5 Å². The van der Waals surface area contributed by atoms with Gasteiger partial charge in [0.15, 0.2) is 10.2 Å². The highest BCUT2D eigenvalue weighted by Crippen LogP contribution is 2.34. The van der Waals surface area contributed by atoms with E-state index in [1.165, 1.54) is 21.1 Å². The van der Waals surface area contributed by atoms with Crippen molar-refractivity contribution in [1.29, 1.82) is 0 Å². The zero-order valence-electron chi connectivity index (χ0n) is 10.6. The summed E-state index contributed by atoms with van der Waals surface area (Å²) in [4.78, 5) is 31.8. The number of hydrogen-bond donors (Lipinski definition) is 0. The van der Waals surface area contributed by atoms with Gasteiger partial charge in [-0.05, 0) is 6.42 Å². The monoisotopic (exact) mass is 285 g/mol. The molecule has 1 aliphatic heterocycles. The molecule has 1 aromatic heterocycles. The van der Waals surface area contributed by atoms with Crippen molar-refractivity contribution in [3.8, 4) is 0 Å². The topological polar surface area (TPSA) is 53.5 Å². The molecule has 0 fully saturated rings. The van der Waals surface area contributed by atoms with E-state index in [4.69, 9.17) is 0 Å². The molecule has 0 unspecified atom stereocenters. The molecule has 5 nitrogen and oxygen atoms in total. The molecule has 2 heterocycles. The summed E-state index contributed by atoms with van der Waals surface area (Å²) in [6, 6.07) is 0. The van der Waals surface area contributed by atoms with Crippen molar-refractivity contribution in [2.75, 3.05) is 31.3 Å². The number of amides is 2. The zero-order chi connectivity index (χ0) is 13.3. The molecule has 0 aromatic carbocycles. The van der Waals surface area contributed by atoms with E-state index in [0.29, 0.717) is 10.7 Å². The van der Waals surface area contributed by atoms with Gasteiger partial charge in [0, 0.05) is 19.8 Å². The van der Waals surface area contributed by atoms with Crippen LogP contribution in [-0.4, -0.2) is 48.1 Å². The lowest BCUT2D eigenvalue weighted by Gasteiger charge is -2.14. The predicted molar refractivity (Wildman–Crippen MR) is 73.5 cm³/mol. The van der Waals surface area contributed by atoms with E-state index in [-0.39, 0.29) is 18.4 Å². The molecule has 2 rings (SSSR count). The van der Waals surface area contributed by atoms with Gasteiger partial charge in [-0.15, -0.1) is 11.3 Å². The lowest BCUT2D eigenvalue weighted by Crippen LogP contribution is -2.35. The van der Waals surface area contributed by atoms with E-state index in [9.17, 15) is 9.59 Å². The molecule has 98 valence electrons. The minimum absolute atomic E-state index is 0.107. The van der Waals surface area contributed by atoms with Crippen LogP contribution >= 0.6 is 23.1 Å². The summed E-state index contributed by atoms with van der Waals surface area (Å²) in [5, 5.41) is 0. The maximum absolute atomic E-state index is 12.1. The fourth-order valence-electron chi connectivity index (χ4n) is 1.58. The van der Waals surface area contributed by atoms with E-state index in [1.54, 1.807) is 25.9 Å². The number of fused-ring (bicyclic) bond motifs is 1. The summed E-state index contributed by atoms with van der Waals surface area (Å²) >= 11 is 3.00. The second-order valence-corrected chi connectivity index (χ2v) is 6.44. The van der Waals surface area contributed by atoms with Gasteiger partial charge >= 0.3 is 0 Å². The highest BCUT2D eigenvalue weighted by atomic mass is 32.2. The minimum atomic E-state index is -0.122. The van der Waals surface area contributed by atoms with E-state index >= 15 is 0 Å². The van der Waals surface area contributed by atoms with Crippen LogP contribution in [-0.2, 0) is 4.79 Å². The van der Waals surface area contributed by atoms with Gasteiger partial charge in [-0.2, -0.15) is 0 Å². The fraction of sp³-hybridized carbons (Fsp3) is 0.545. The van der Waals surface area contributed by atoms with Crippen LogP contribution in [0.1, 0.15) is 23.0 Å². The van der Waals surface area contributed by atoms with E-state index in [1.807, 2.05) is 0 Å². The Morgan fingerprint density at radius 1 is 1.39 bits per heavy atom. The van der Waals surface area contributed by atoms with Crippen LogP contribution in [0, 0.1) is 0 Å². The van der Waals surface area contributed by atoms with Crippen molar-refractivity contribution in [3.63, 3.8) is 0 Å². The molecule has 0 N–H and O–H groups in total. The Balaban J connectivity index is 2.38. The normalized spacial score (nSPS) is 15.9. The first-order chi connectivity index (χ1) is 8.54. The van der Waals surface area contributed by atoms with Crippen molar-refractivity contribution in [2.45, 2.75) is 17.7 Å². The van der Waals surface area contributed by atoms with Crippen molar-refractivity contribution in [3.05, 3.63) is 4.88 Å². The van der Waals surface area contributed by atoms with Crippen LogP contribution in [0.15, 0.2) is 4.34 Å². The first kappa shape index (κ1) is 13.4. The number of hydrogen-bond acceptors (Lipinski definition) is 5. The standard InChI is InChI=1S/C11H15N3O2S2/c1-4-5-17-11-12-9-8(18-11)10(16)13(2)6-7(15)14(9)3/h4-6H2,1-3H3. The average molecular weight is 285 g/mol. The van der Waals surface area contributed by atoms with Gasteiger partial charge < -0.3 is 4.90 Å². The van der Waals surface area contributed by atoms with Crippen LogP contribution in [0.5, 0.6) is 0 Å². The van der Waals surface area contributed by atoms with Gasteiger partial charge in [-0.3, -0.25) is 14.5 Å². The summed E-state index contributed by atoms with van der Waals surface area (Å²) in [6.45, 7) is 2.20. The van der Waals surface area contributed by atoms with E-state index < -0.39 is 0 Å². The molecule has 0 bridgehead atoms. The highest BCUT2D eigenvalue weighted by molar-refractivity contribution is 8.01. The van der Waals surface area contributed by atoms with Crippen molar-refractivity contribution >= 4 is 40.7 Å². The van der Waals surface area contributed by atoms with Gasteiger partial charge in [0.1, 0.15) is 11.4 Å². The second kappa shape index (κ2) is 5.27. The molecule has 0 spiro atoms. The molecule has 0 atom stereocenters. The fourth-order valence-corrected chi connectivity index (χ4v) is 3.67. The third-order valence-electron chi connectivity index (χ3n) is 2.62. The van der Waals surface area contributed by atoms with Crippen molar-refractivity contribution in [1.82, 2.24) is 9.88 Å². The number of nitrogens with zero attached hydrogens (tertiary/aromatic N) is 3. The zero-order valence-corrected chi connectivity index (χ0v) is 12.2. The number of aromatic nitrogens is 1. The predicted octanol–water partition coefficient (Wildman–Crippen LogP) is 1.69. The molecule has 0 aliphatic carbocycles. The van der Waals surface area contributed by atoms with Gasteiger partial charge in [0.2, 0.25) is 5.91 Å². The molecule has 1 aliphatic rings. The summed E-state index contributed by atoms with van der Waals surface area (Å²) in [7, 11) is 3.31. The Bertz CT molecular complexity index is 487. The maximum Gasteiger partial charge on any atom is 0.268 e. The Morgan fingerprint density at radius 3 is 2.78 bits per heavy atom. The van der Waals surface area contributed by atoms with Crippen LogP contribution in [0.3, 0.4) is 0 Å². The van der Waals surface area contributed by atoms with Gasteiger partial charge in [-0.25, -0.2) is 4.98 Å². The lowest BCUT2D eigenvalue weighted by atomic mass is 10.4. The van der Waals surface area contributed by atoms with Crippen LogP contribution in [0.4, 0.5) is 5.82 Å². The number of anilines is 1. The first-order valence-electron chi connectivity index (χ1n) is 5.70. The number of thioether (sulfide) groups is 1. The van der Waals surface area contributed by atoms with Crippen molar-refractivity contribution < 1.29 is 9.59 Å². The molecule has 0 saturated carbocycles. The van der Waals surface area contributed by atoms with Gasteiger partial charge in [0.25, 0.3) is 5.91 Å². The molecular weight excluding hydrogens is 270 g/mol. The largest absolute Gasteiger partial charge is 0.332 e. The van der Waals surface area contributed by atoms with Gasteiger partial charge in [-0.1, -0.05) is 18.7 Å². The Labute approximate surface area is 114 Å². The van der Waals surface area contributed by atoms with Crippen LogP contribution < -0.4 is 4.90 Å². The number of thiazole rings is 1. The first-order valence-corrected chi connectivity index (χ1v) is 7.50. The smallest absolute Gasteiger partial charge is 0.268 e. The molecule has 1 aromatic rings. The molecule has 2 amide bonds. The summed E-state index contributed by atoms with van der Waals surface area (Å²) in [5.41, 5.74) is 0. The van der Waals surface area contributed by atoms with Crippen LogP contribution in [0.25, 0.3) is 0 Å². The number of carbonyl (C=O) groups is 2. The highest BCUT2D eigenvalue weighted by Gasteiger charge is 2.31. The van der Waals surface area contributed by atoms with Crippen molar-refractivity contribution in [2.24, 2.45) is 0 Å². The number of carbonyl (C=O) groups excluding carboxylic acids is 2. The molecule has 0 saturated heterocycles. The SMILES string of the molecule is CCCSc1nc2c(s1)C(=O)N(C)CC(=O)N2C. The van der Waals surface area contributed by atoms with Gasteiger partial charge in [0.05, 0.1) is 0 Å². The quantitative estimate of drug-likeness (QED) is 0.793. The average Bonchev–Trinajstić information content (AvgIpc) is 2.75. The Morgan fingerprint density at radius 2 is 2.11 bits per heavy atom. The van der Waals surface area contributed by atoms with Crippen LogP contribution in [0.2, 0.25) is 0 Å². The third-order valence-corrected chi connectivity index (χ3v) is 5.01. The maximum atomic E-state index is 12.1. The summed E-state index contributed by atoms with van der Waals surface area (Å²) in [6.07, 6.45) is 1.05. The molecule has 7 heteroatoms. The molecule has 18 heavy (non-hydrogen) atoms. The molecule has 0 radical (unpaired) electrons. The summed E-state index contributed by atoms with van der Waals surface area (Å²) < 4.78 is 0.852. The number of likely N-dealkylation sites (N-methyl/N-ethyl adjacent to an activating group) is 2. The Kier molecular flexibility index (Phi) is 3.91.